The van der Waals surface area contributed by atoms with Crippen molar-refractivity contribution in [3.8, 4) is 0 Å². The number of pyridine rings is 1. The SMILES string of the molecule is CCCn1ncc(NCc2cccc(C)n2)c(Br)c1=O. The first-order valence-corrected chi connectivity index (χ1v) is 7.33. The quantitative estimate of drug-likeness (QED) is 0.911. The lowest BCUT2D eigenvalue weighted by molar-refractivity contribution is 0.566. The van der Waals surface area contributed by atoms with Crippen molar-refractivity contribution in [2.45, 2.75) is 33.4 Å². The maximum Gasteiger partial charge on any atom is 0.283 e. The molecule has 0 radical (unpaired) electrons. The lowest BCUT2D eigenvalue weighted by atomic mass is 10.3. The van der Waals surface area contributed by atoms with E-state index >= 15 is 0 Å². The van der Waals surface area contributed by atoms with Crippen LogP contribution in [-0.4, -0.2) is 14.8 Å². The number of nitrogens with zero attached hydrogens (tertiary/aromatic N) is 3. The fourth-order valence-corrected chi connectivity index (χ4v) is 2.29. The zero-order valence-electron chi connectivity index (χ0n) is 11.6. The van der Waals surface area contributed by atoms with E-state index in [0.717, 1.165) is 17.8 Å². The molecule has 0 unspecified atom stereocenters. The van der Waals surface area contributed by atoms with Gasteiger partial charge in [0.2, 0.25) is 0 Å². The van der Waals surface area contributed by atoms with E-state index in [4.69, 9.17) is 0 Å². The summed E-state index contributed by atoms with van der Waals surface area (Å²) in [5.74, 6) is 0. The fraction of sp³-hybridized carbons (Fsp3) is 0.357. The van der Waals surface area contributed by atoms with Crippen LogP contribution in [0.15, 0.2) is 33.7 Å². The van der Waals surface area contributed by atoms with E-state index in [1.165, 1.54) is 4.68 Å². The number of hydrogen-bond donors (Lipinski definition) is 1. The molecule has 2 rings (SSSR count). The molecule has 0 bridgehead atoms. The summed E-state index contributed by atoms with van der Waals surface area (Å²) in [6.07, 6.45) is 2.54. The summed E-state index contributed by atoms with van der Waals surface area (Å²) < 4.78 is 1.97. The number of aromatic nitrogens is 3. The molecule has 20 heavy (non-hydrogen) atoms. The third kappa shape index (κ3) is 3.45. The van der Waals surface area contributed by atoms with E-state index in [1.54, 1.807) is 6.20 Å². The van der Waals surface area contributed by atoms with Gasteiger partial charge in [0.15, 0.2) is 0 Å². The highest BCUT2D eigenvalue weighted by Gasteiger charge is 2.08. The first-order chi connectivity index (χ1) is 9.61. The maximum absolute atomic E-state index is 12.0. The van der Waals surface area contributed by atoms with Crippen molar-refractivity contribution in [3.05, 3.63) is 50.6 Å². The minimum absolute atomic E-state index is 0.117. The number of hydrogen-bond acceptors (Lipinski definition) is 4. The van der Waals surface area contributed by atoms with Crippen LogP contribution in [0, 0.1) is 6.92 Å². The zero-order chi connectivity index (χ0) is 14.5. The Hall–Kier alpha value is -1.69. The van der Waals surface area contributed by atoms with E-state index in [9.17, 15) is 4.79 Å². The first kappa shape index (κ1) is 14.7. The van der Waals surface area contributed by atoms with E-state index < -0.39 is 0 Å². The zero-order valence-corrected chi connectivity index (χ0v) is 13.1. The predicted octanol–water partition coefficient (Wildman–Crippen LogP) is 2.73. The highest BCUT2D eigenvalue weighted by atomic mass is 79.9. The normalized spacial score (nSPS) is 10.6. The Morgan fingerprint density at radius 2 is 2.20 bits per heavy atom. The average Bonchev–Trinajstić information content (AvgIpc) is 2.43. The third-order valence-electron chi connectivity index (χ3n) is 2.83. The van der Waals surface area contributed by atoms with Gasteiger partial charge in [0.25, 0.3) is 5.56 Å². The van der Waals surface area contributed by atoms with Gasteiger partial charge in [0.1, 0.15) is 4.47 Å². The highest BCUT2D eigenvalue weighted by molar-refractivity contribution is 9.10. The summed E-state index contributed by atoms with van der Waals surface area (Å²) in [6, 6.07) is 5.86. The number of nitrogens with one attached hydrogen (secondary N) is 1. The topological polar surface area (TPSA) is 59.8 Å². The number of aryl methyl sites for hydroxylation is 2. The van der Waals surface area contributed by atoms with Crippen LogP contribution < -0.4 is 10.9 Å². The molecule has 0 aromatic carbocycles. The Kier molecular flexibility index (Phi) is 4.89. The van der Waals surface area contributed by atoms with Crippen molar-refractivity contribution >= 4 is 21.6 Å². The molecule has 0 aliphatic carbocycles. The predicted molar refractivity (Wildman–Crippen MR) is 82.8 cm³/mol. The van der Waals surface area contributed by atoms with Gasteiger partial charge < -0.3 is 5.32 Å². The molecule has 0 amide bonds. The second-order valence-corrected chi connectivity index (χ2v) is 5.32. The van der Waals surface area contributed by atoms with E-state index in [1.807, 2.05) is 32.0 Å². The number of halogens is 1. The standard InChI is InChI=1S/C14H17BrN4O/c1-3-7-19-14(20)13(15)12(9-17-19)16-8-11-6-4-5-10(2)18-11/h4-6,9,16H,3,7-8H2,1-2H3. The van der Waals surface area contributed by atoms with Gasteiger partial charge in [0, 0.05) is 12.2 Å². The van der Waals surface area contributed by atoms with E-state index in [0.29, 0.717) is 23.2 Å². The number of anilines is 1. The fourth-order valence-electron chi connectivity index (χ4n) is 1.84. The van der Waals surface area contributed by atoms with Gasteiger partial charge in [-0.05, 0) is 41.4 Å². The van der Waals surface area contributed by atoms with Gasteiger partial charge in [0.05, 0.1) is 24.1 Å². The molecule has 1 N–H and O–H groups in total. The van der Waals surface area contributed by atoms with Gasteiger partial charge >= 0.3 is 0 Å². The van der Waals surface area contributed by atoms with Crippen LogP contribution in [-0.2, 0) is 13.1 Å². The molecule has 0 saturated heterocycles. The lowest BCUT2D eigenvalue weighted by Gasteiger charge is -2.10. The van der Waals surface area contributed by atoms with Crippen LogP contribution in [0.3, 0.4) is 0 Å². The molecule has 0 aliphatic heterocycles. The van der Waals surface area contributed by atoms with Gasteiger partial charge in [-0.25, -0.2) is 4.68 Å². The van der Waals surface area contributed by atoms with Crippen LogP contribution in [0.1, 0.15) is 24.7 Å². The van der Waals surface area contributed by atoms with E-state index in [-0.39, 0.29) is 5.56 Å². The first-order valence-electron chi connectivity index (χ1n) is 6.54. The Morgan fingerprint density at radius 1 is 1.40 bits per heavy atom. The molecule has 0 fully saturated rings. The van der Waals surface area contributed by atoms with E-state index in [2.05, 4.69) is 31.3 Å². The van der Waals surface area contributed by atoms with Crippen LogP contribution in [0.5, 0.6) is 0 Å². The second kappa shape index (κ2) is 6.65. The Balaban J connectivity index is 2.14. The van der Waals surface area contributed by atoms with Crippen LogP contribution in [0.2, 0.25) is 0 Å². The minimum atomic E-state index is -0.117. The van der Waals surface area contributed by atoms with Crippen molar-refractivity contribution in [2.75, 3.05) is 5.32 Å². The summed E-state index contributed by atoms with van der Waals surface area (Å²) in [7, 11) is 0. The second-order valence-electron chi connectivity index (χ2n) is 4.52. The summed E-state index contributed by atoms with van der Waals surface area (Å²) in [5, 5.41) is 7.33. The summed E-state index contributed by atoms with van der Waals surface area (Å²) >= 11 is 3.33. The molecule has 5 nitrogen and oxygen atoms in total. The van der Waals surface area contributed by atoms with Crippen molar-refractivity contribution in [2.24, 2.45) is 0 Å². The molecular weight excluding hydrogens is 320 g/mol. The molecule has 106 valence electrons. The van der Waals surface area contributed by atoms with Crippen molar-refractivity contribution < 1.29 is 0 Å². The monoisotopic (exact) mass is 336 g/mol. The smallest absolute Gasteiger partial charge is 0.283 e. The molecule has 0 saturated carbocycles. The molecule has 2 aromatic rings. The largest absolute Gasteiger partial charge is 0.377 e. The van der Waals surface area contributed by atoms with Gasteiger partial charge in [-0.2, -0.15) is 5.10 Å². The molecule has 0 spiro atoms. The number of rotatable bonds is 5. The molecule has 2 aromatic heterocycles. The van der Waals surface area contributed by atoms with Crippen molar-refractivity contribution in [3.63, 3.8) is 0 Å². The van der Waals surface area contributed by atoms with Gasteiger partial charge in [-0.1, -0.05) is 13.0 Å². The minimum Gasteiger partial charge on any atom is -0.377 e. The van der Waals surface area contributed by atoms with Crippen LogP contribution >= 0.6 is 15.9 Å². The third-order valence-corrected chi connectivity index (χ3v) is 3.59. The molecule has 0 aliphatic rings. The maximum atomic E-state index is 12.0. The van der Waals surface area contributed by atoms with Crippen LogP contribution in [0.25, 0.3) is 0 Å². The summed E-state index contributed by atoms with van der Waals surface area (Å²) in [5.41, 5.74) is 2.47. The van der Waals surface area contributed by atoms with Crippen molar-refractivity contribution in [1.82, 2.24) is 14.8 Å². The van der Waals surface area contributed by atoms with Crippen molar-refractivity contribution in [1.29, 1.82) is 0 Å². The van der Waals surface area contributed by atoms with Crippen LogP contribution in [0.4, 0.5) is 5.69 Å². The molecular formula is C14H17BrN4O. The Bertz CT molecular complexity index is 654. The summed E-state index contributed by atoms with van der Waals surface area (Å²) in [4.78, 5) is 16.4. The molecule has 2 heterocycles. The summed E-state index contributed by atoms with van der Waals surface area (Å²) in [6.45, 7) is 5.14. The Labute approximate surface area is 126 Å². The molecule has 6 heteroatoms. The highest BCUT2D eigenvalue weighted by Crippen LogP contribution is 2.17. The van der Waals surface area contributed by atoms with Gasteiger partial charge in [-0.3, -0.25) is 9.78 Å². The molecule has 0 atom stereocenters. The lowest BCUT2D eigenvalue weighted by Crippen LogP contribution is -2.24. The Morgan fingerprint density at radius 3 is 2.90 bits per heavy atom. The van der Waals surface area contributed by atoms with Gasteiger partial charge in [-0.15, -0.1) is 0 Å². The average molecular weight is 337 g/mol.